The molecular weight excluding hydrogens is 274 g/mol. The van der Waals surface area contributed by atoms with Gasteiger partial charge in [-0.25, -0.2) is 0 Å². The van der Waals surface area contributed by atoms with Crippen molar-refractivity contribution in [1.29, 1.82) is 0 Å². The van der Waals surface area contributed by atoms with E-state index in [9.17, 15) is 4.79 Å². The highest BCUT2D eigenvalue weighted by Crippen LogP contribution is 2.19. The molecule has 0 saturated carbocycles. The van der Waals surface area contributed by atoms with E-state index in [1.165, 1.54) is 11.1 Å². The molecule has 2 heterocycles. The summed E-state index contributed by atoms with van der Waals surface area (Å²) in [5, 5.41) is 3.00. The minimum absolute atomic E-state index is 0.0580. The van der Waals surface area contributed by atoms with Crippen LogP contribution in [0, 0.1) is 0 Å². The van der Waals surface area contributed by atoms with Crippen molar-refractivity contribution in [2.45, 2.75) is 25.9 Å². The maximum absolute atomic E-state index is 12.1. The zero-order chi connectivity index (χ0) is 15.4. The van der Waals surface area contributed by atoms with E-state index in [1.807, 2.05) is 0 Å². The van der Waals surface area contributed by atoms with Gasteiger partial charge in [0.15, 0.2) is 0 Å². The van der Waals surface area contributed by atoms with E-state index in [0.717, 1.165) is 19.5 Å². The fourth-order valence-electron chi connectivity index (χ4n) is 2.86. The van der Waals surface area contributed by atoms with Crippen molar-refractivity contribution in [1.82, 2.24) is 15.2 Å². The lowest BCUT2D eigenvalue weighted by molar-refractivity contribution is 0.0932. The van der Waals surface area contributed by atoms with Gasteiger partial charge in [-0.3, -0.25) is 14.7 Å². The summed E-state index contributed by atoms with van der Waals surface area (Å²) in [5.41, 5.74) is 3.46. The van der Waals surface area contributed by atoms with Crippen LogP contribution in [0.2, 0.25) is 0 Å². The fraction of sp³-hybridized carbons (Fsp3) is 0.333. The molecule has 1 aromatic carbocycles. The number of amides is 1. The molecule has 1 aliphatic rings. The van der Waals surface area contributed by atoms with Crippen LogP contribution in [0.3, 0.4) is 0 Å². The lowest BCUT2D eigenvalue weighted by atomic mass is 9.99. The molecule has 1 aromatic heterocycles. The van der Waals surface area contributed by atoms with Gasteiger partial charge < -0.3 is 5.32 Å². The number of nitrogens with one attached hydrogen (secondary N) is 1. The SMILES string of the molecule is CC(CNC(=O)c1cccnc1)N1CCc2ccccc2C1. The molecule has 0 aliphatic carbocycles. The van der Waals surface area contributed by atoms with Crippen molar-refractivity contribution < 1.29 is 4.79 Å². The van der Waals surface area contributed by atoms with E-state index < -0.39 is 0 Å². The van der Waals surface area contributed by atoms with Crippen molar-refractivity contribution in [3.8, 4) is 0 Å². The van der Waals surface area contributed by atoms with Crippen LogP contribution in [0.15, 0.2) is 48.8 Å². The predicted molar refractivity (Wildman–Crippen MR) is 86.6 cm³/mol. The number of benzene rings is 1. The van der Waals surface area contributed by atoms with Crippen molar-refractivity contribution in [3.05, 3.63) is 65.5 Å². The van der Waals surface area contributed by atoms with E-state index >= 15 is 0 Å². The smallest absolute Gasteiger partial charge is 0.252 e. The van der Waals surface area contributed by atoms with Gasteiger partial charge in [0, 0.05) is 38.1 Å². The summed E-state index contributed by atoms with van der Waals surface area (Å²) in [5.74, 6) is -0.0580. The maximum atomic E-state index is 12.1. The number of rotatable bonds is 4. The Morgan fingerprint density at radius 1 is 1.27 bits per heavy atom. The van der Waals surface area contributed by atoms with Gasteiger partial charge in [-0.2, -0.15) is 0 Å². The van der Waals surface area contributed by atoms with Gasteiger partial charge in [-0.15, -0.1) is 0 Å². The van der Waals surface area contributed by atoms with Crippen molar-refractivity contribution in [2.24, 2.45) is 0 Å². The highest BCUT2D eigenvalue weighted by atomic mass is 16.1. The summed E-state index contributed by atoms with van der Waals surface area (Å²) in [6, 6.07) is 12.5. The van der Waals surface area contributed by atoms with E-state index in [4.69, 9.17) is 0 Å². The molecule has 2 aromatic rings. The molecule has 3 rings (SSSR count). The van der Waals surface area contributed by atoms with Crippen LogP contribution in [0.4, 0.5) is 0 Å². The second-order valence-corrected chi connectivity index (χ2v) is 5.79. The number of pyridine rings is 1. The quantitative estimate of drug-likeness (QED) is 0.941. The van der Waals surface area contributed by atoms with Gasteiger partial charge in [0.05, 0.1) is 5.56 Å². The van der Waals surface area contributed by atoms with Crippen LogP contribution in [-0.2, 0) is 13.0 Å². The van der Waals surface area contributed by atoms with Crippen LogP contribution in [0.5, 0.6) is 0 Å². The third-order valence-electron chi connectivity index (χ3n) is 4.27. The number of carbonyl (C=O) groups is 1. The molecule has 1 atom stereocenters. The third-order valence-corrected chi connectivity index (χ3v) is 4.27. The Morgan fingerprint density at radius 3 is 2.86 bits per heavy atom. The Bertz CT molecular complexity index is 642. The molecule has 4 nitrogen and oxygen atoms in total. The number of fused-ring (bicyclic) bond motifs is 1. The Balaban J connectivity index is 1.55. The highest BCUT2D eigenvalue weighted by Gasteiger charge is 2.20. The topological polar surface area (TPSA) is 45.2 Å². The van der Waals surface area contributed by atoms with Crippen molar-refractivity contribution in [3.63, 3.8) is 0 Å². The summed E-state index contributed by atoms with van der Waals surface area (Å²) in [6.45, 7) is 4.81. The zero-order valence-corrected chi connectivity index (χ0v) is 12.8. The first-order chi connectivity index (χ1) is 10.7. The van der Waals surface area contributed by atoms with Crippen molar-refractivity contribution >= 4 is 5.91 Å². The van der Waals surface area contributed by atoms with E-state index in [2.05, 4.69) is 46.4 Å². The third kappa shape index (κ3) is 3.34. The van der Waals surface area contributed by atoms with Gasteiger partial charge in [0.25, 0.3) is 5.91 Å². The Morgan fingerprint density at radius 2 is 2.09 bits per heavy atom. The maximum Gasteiger partial charge on any atom is 0.252 e. The normalized spacial score (nSPS) is 15.9. The summed E-state index contributed by atoms with van der Waals surface area (Å²) in [7, 11) is 0. The molecule has 0 spiro atoms. The second kappa shape index (κ2) is 6.71. The number of hydrogen-bond acceptors (Lipinski definition) is 3. The first kappa shape index (κ1) is 14.7. The molecule has 0 bridgehead atoms. The fourth-order valence-corrected chi connectivity index (χ4v) is 2.86. The molecule has 1 amide bonds. The molecule has 0 saturated heterocycles. The van der Waals surface area contributed by atoms with Gasteiger partial charge >= 0.3 is 0 Å². The molecule has 0 radical (unpaired) electrons. The standard InChI is InChI=1S/C18H21N3O/c1-14(11-20-18(22)16-7-4-9-19-12-16)21-10-8-15-5-2-3-6-17(15)13-21/h2-7,9,12,14H,8,10-11,13H2,1H3,(H,20,22). The molecule has 22 heavy (non-hydrogen) atoms. The molecular formula is C18H21N3O. The summed E-state index contributed by atoms with van der Waals surface area (Å²) < 4.78 is 0. The molecule has 0 fully saturated rings. The van der Waals surface area contributed by atoms with Crippen LogP contribution in [0.25, 0.3) is 0 Å². The molecule has 114 valence electrons. The van der Waals surface area contributed by atoms with Crippen LogP contribution >= 0.6 is 0 Å². The van der Waals surface area contributed by atoms with Gasteiger partial charge in [-0.1, -0.05) is 24.3 Å². The van der Waals surface area contributed by atoms with Crippen LogP contribution < -0.4 is 5.32 Å². The average molecular weight is 295 g/mol. The van der Waals surface area contributed by atoms with Gasteiger partial charge in [-0.05, 0) is 36.6 Å². The number of nitrogens with zero attached hydrogens (tertiary/aromatic N) is 2. The monoisotopic (exact) mass is 295 g/mol. The number of hydrogen-bond donors (Lipinski definition) is 1. The van der Waals surface area contributed by atoms with Crippen molar-refractivity contribution in [2.75, 3.05) is 13.1 Å². The number of carbonyl (C=O) groups excluding carboxylic acids is 1. The lowest BCUT2D eigenvalue weighted by Crippen LogP contribution is -2.44. The molecule has 1 aliphatic heterocycles. The lowest BCUT2D eigenvalue weighted by Gasteiger charge is -2.33. The molecule has 1 unspecified atom stereocenters. The summed E-state index contributed by atoms with van der Waals surface area (Å²) in [6.07, 6.45) is 4.35. The minimum Gasteiger partial charge on any atom is -0.350 e. The highest BCUT2D eigenvalue weighted by molar-refractivity contribution is 5.93. The Kier molecular flexibility index (Phi) is 4.49. The first-order valence-electron chi connectivity index (χ1n) is 7.73. The van der Waals surface area contributed by atoms with E-state index in [0.29, 0.717) is 18.2 Å². The second-order valence-electron chi connectivity index (χ2n) is 5.79. The van der Waals surface area contributed by atoms with E-state index in [1.54, 1.807) is 24.5 Å². The predicted octanol–water partition coefficient (Wildman–Crippen LogP) is 2.26. The van der Waals surface area contributed by atoms with E-state index in [-0.39, 0.29) is 5.91 Å². The molecule has 1 N–H and O–H groups in total. The van der Waals surface area contributed by atoms with Crippen LogP contribution in [-0.4, -0.2) is 34.9 Å². The van der Waals surface area contributed by atoms with Gasteiger partial charge in [0.1, 0.15) is 0 Å². The summed E-state index contributed by atoms with van der Waals surface area (Å²) >= 11 is 0. The first-order valence-corrected chi connectivity index (χ1v) is 7.73. The number of aromatic nitrogens is 1. The van der Waals surface area contributed by atoms with Crippen LogP contribution in [0.1, 0.15) is 28.4 Å². The zero-order valence-electron chi connectivity index (χ0n) is 12.8. The average Bonchev–Trinajstić information content (AvgIpc) is 2.59. The Hall–Kier alpha value is -2.20. The summed E-state index contributed by atoms with van der Waals surface area (Å²) in [4.78, 5) is 18.5. The van der Waals surface area contributed by atoms with Gasteiger partial charge in [0.2, 0.25) is 0 Å². The minimum atomic E-state index is -0.0580. The molecule has 4 heteroatoms. The largest absolute Gasteiger partial charge is 0.350 e. The Labute approximate surface area is 131 Å².